The SMILES string of the molecule is CC([C@H](O)CCC(C)(O)C(O)O)[C@H]1CC[C@@]2(O)C3=CC(=O)[C@@H]4C[C@@H](O)[C@@H](O)C[C@]4(C)C3CC[C@]12C. The summed E-state index contributed by atoms with van der Waals surface area (Å²) >= 11 is 0. The molecule has 0 bridgehead atoms. The van der Waals surface area contributed by atoms with Gasteiger partial charge in [-0.15, -0.1) is 0 Å². The molecule has 4 aliphatic rings. The number of aliphatic hydroxyl groups is 7. The normalized spacial score (nSPS) is 46.8. The summed E-state index contributed by atoms with van der Waals surface area (Å²) in [5, 5.41) is 72.7. The first-order chi connectivity index (χ1) is 16.1. The fourth-order valence-corrected chi connectivity index (χ4v) is 8.35. The standard InChI is InChI=1S/C27H44O8/c1-14(19(28)7-9-26(4,34)23(32)33)15-6-10-27(35)17-11-20(29)18-12-21(30)22(31)13-24(18,2)16(17)5-8-25(15,27)3/h11,14-16,18-19,21-23,28,30-35H,5-10,12-13H2,1-4H3/t14?,15-,16?,18+,19-,21-,22+,24-,25-,26?,27-/m1/s1. The molecule has 0 spiro atoms. The van der Waals surface area contributed by atoms with Gasteiger partial charge in [0.2, 0.25) is 0 Å². The van der Waals surface area contributed by atoms with Gasteiger partial charge in [0.05, 0.1) is 23.9 Å². The second-order valence-electron chi connectivity index (χ2n) is 12.8. The lowest BCUT2D eigenvalue weighted by molar-refractivity contribution is -0.181. The Hall–Kier alpha value is -0.870. The quantitative estimate of drug-likeness (QED) is 0.269. The van der Waals surface area contributed by atoms with Crippen LogP contribution in [0.4, 0.5) is 0 Å². The molecule has 11 atom stereocenters. The Bertz CT molecular complexity index is 869. The maximum absolute atomic E-state index is 13.2. The molecule has 7 N–H and O–H groups in total. The first-order valence-corrected chi connectivity index (χ1v) is 13.2. The number of allylic oxidation sites excluding steroid dienone is 1. The summed E-state index contributed by atoms with van der Waals surface area (Å²) in [6, 6.07) is 0. The van der Waals surface area contributed by atoms with Gasteiger partial charge >= 0.3 is 0 Å². The highest BCUT2D eigenvalue weighted by molar-refractivity contribution is 5.95. The molecule has 3 saturated carbocycles. The molecule has 8 heteroatoms. The number of rotatable bonds is 6. The van der Waals surface area contributed by atoms with Crippen molar-refractivity contribution in [3.63, 3.8) is 0 Å². The third kappa shape index (κ3) is 4.04. The molecule has 3 unspecified atom stereocenters. The Morgan fingerprint density at radius 1 is 1.09 bits per heavy atom. The average molecular weight is 497 g/mol. The number of hydrogen-bond donors (Lipinski definition) is 7. The molecule has 200 valence electrons. The molecule has 0 aromatic carbocycles. The zero-order valence-electron chi connectivity index (χ0n) is 21.4. The highest BCUT2D eigenvalue weighted by Gasteiger charge is 2.67. The summed E-state index contributed by atoms with van der Waals surface area (Å²) < 4.78 is 0. The first-order valence-electron chi connectivity index (χ1n) is 13.2. The van der Waals surface area contributed by atoms with Crippen LogP contribution < -0.4 is 0 Å². The summed E-state index contributed by atoms with van der Waals surface area (Å²) in [4.78, 5) is 13.2. The van der Waals surface area contributed by atoms with Crippen LogP contribution in [0.2, 0.25) is 0 Å². The van der Waals surface area contributed by atoms with E-state index in [9.17, 15) is 40.5 Å². The lowest BCUT2D eigenvalue weighted by Crippen LogP contribution is -2.61. The van der Waals surface area contributed by atoms with Crippen LogP contribution in [0.3, 0.4) is 0 Å². The number of carbonyl (C=O) groups is 1. The van der Waals surface area contributed by atoms with E-state index < -0.39 is 46.6 Å². The van der Waals surface area contributed by atoms with Gasteiger partial charge in [-0.1, -0.05) is 20.8 Å². The van der Waals surface area contributed by atoms with Gasteiger partial charge in [0.15, 0.2) is 12.1 Å². The largest absolute Gasteiger partial charge is 0.393 e. The van der Waals surface area contributed by atoms with Crippen molar-refractivity contribution in [3.8, 4) is 0 Å². The highest BCUT2D eigenvalue weighted by atomic mass is 16.5. The summed E-state index contributed by atoms with van der Waals surface area (Å²) in [6.07, 6.45) is 0.595. The van der Waals surface area contributed by atoms with Crippen molar-refractivity contribution < 1.29 is 40.5 Å². The molecule has 8 nitrogen and oxygen atoms in total. The lowest BCUT2D eigenvalue weighted by atomic mass is 9.46. The van der Waals surface area contributed by atoms with Crippen LogP contribution in [0.1, 0.15) is 79.1 Å². The summed E-state index contributed by atoms with van der Waals surface area (Å²) in [6.45, 7) is 7.35. The number of hydrogen-bond acceptors (Lipinski definition) is 8. The molecule has 0 amide bonds. The van der Waals surface area contributed by atoms with E-state index in [2.05, 4.69) is 6.92 Å². The Kier molecular flexibility index (Phi) is 6.88. The smallest absolute Gasteiger partial charge is 0.180 e. The first kappa shape index (κ1) is 27.2. The van der Waals surface area contributed by atoms with Gasteiger partial charge in [0.1, 0.15) is 5.60 Å². The van der Waals surface area contributed by atoms with Crippen molar-refractivity contribution in [2.75, 3.05) is 0 Å². The molecular weight excluding hydrogens is 452 g/mol. The van der Waals surface area contributed by atoms with Gasteiger partial charge < -0.3 is 35.7 Å². The number of ketones is 1. The van der Waals surface area contributed by atoms with E-state index in [1.165, 1.54) is 6.92 Å². The molecule has 35 heavy (non-hydrogen) atoms. The van der Waals surface area contributed by atoms with E-state index in [1.54, 1.807) is 6.08 Å². The Balaban J connectivity index is 1.59. The minimum Gasteiger partial charge on any atom is -0.393 e. The molecule has 0 radical (unpaired) electrons. The maximum Gasteiger partial charge on any atom is 0.180 e. The third-order valence-corrected chi connectivity index (χ3v) is 10.9. The monoisotopic (exact) mass is 496 g/mol. The topological polar surface area (TPSA) is 159 Å². The summed E-state index contributed by atoms with van der Waals surface area (Å²) in [5.41, 5.74) is -3.21. The van der Waals surface area contributed by atoms with Gasteiger partial charge in [-0.05, 0) is 93.1 Å². The third-order valence-electron chi connectivity index (χ3n) is 10.9. The Morgan fingerprint density at radius 3 is 2.37 bits per heavy atom. The van der Waals surface area contributed by atoms with E-state index in [1.807, 2.05) is 13.8 Å². The van der Waals surface area contributed by atoms with Crippen molar-refractivity contribution in [3.05, 3.63) is 11.6 Å². The van der Waals surface area contributed by atoms with Crippen LogP contribution in [-0.2, 0) is 4.79 Å². The van der Waals surface area contributed by atoms with Crippen molar-refractivity contribution in [2.24, 2.45) is 34.5 Å². The minimum absolute atomic E-state index is 0.0206. The molecule has 0 heterocycles. The highest BCUT2D eigenvalue weighted by Crippen LogP contribution is 2.68. The zero-order valence-corrected chi connectivity index (χ0v) is 21.4. The predicted molar refractivity (Wildman–Crippen MR) is 128 cm³/mol. The van der Waals surface area contributed by atoms with E-state index in [-0.39, 0.29) is 48.7 Å². The Morgan fingerprint density at radius 2 is 1.74 bits per heavy atom. The number of aliphatic hydroxyl groups excluding tert-OH is 4. The van der Waals surface area contributed by atoms with Crippen LogP contribution in [0.15, 0.2) is 11.6 Å². The van der Waals surface area contributed by atoms with Gasteiger partial charge in [-0.3, -0.25) is 4.79 Å². The predicted octanol–water partition coefficient (Wildman–Crippen LogP) is 1.03. The fraction of sp³-hybridized carbons (Fsp3) is 0.889. The average Bonchev–Trinajstić information content (AvgIpc) is 3.05. The van der Waals surface area contributed by atoms with Crippen LogP contribution in [0, 0.1) is 34.5 Å². The van der Waals surface area contributed by atoms with Gasteiger partial charge in [-0.2, -0.15) is 0 Å². The van der Waals surface area contributed by atoms with Crippen molar-refractivity contribution in [2.45, 2.75) is 115 Å². The van der Waals surface area contributed by atoms with E-state index >= 15 is 0 Å². The van der Waals surface area contributed by atoms with Crippen molar-refractivity contribution in [1.29, 1.82) is 0 Å². The summed E-state index contributed by atoms with van der Waals surface area (Å²) in [5.74, 6) is -0.718. The maximum atomic E-state index is 13.2. The molecular formula is C27H44O8. The van der Waals surface area contributed by atoms with E-state index in [0.717, 1.165) is 18.4 Å². The van der Waals surface area contributed by atoms with E-state index in [0.29, 0.717) is 19.3 Å². The minimum atomic E-state index is -1.89. The summed E-state index contributed by atoms with van der Waals surface area (Å²) in [7, 11) is 0. The lowest BCUT2D eigenvalue weighted by Gasteiger charge is -2.60. The molecule has 0 aromatic heterocycles. The van der Waals surface area contributed by atoms with Crippen molar-refractivity contribution >= 4 is 5.78 Å². The molecule has 3 fully saturated rings. The van der Waals surface area contributed by atoms with Gasteiger partial charge in [0.25, 0.3) is 0 Å². The van der Waals surface area contributed by atoms with Crippen LogP contribution in [0.5, 0.6) is 0 Å². The number of carbonyl (C=O) groups excluding carboxylic acids is 1. The second kappa shape index (κ2) is 8.86. The van der Waals surface area contributed by atoms with Gasteiger partial charge in [0, 0.05) is 11.3 Å². The van der Waals surface area contributed by atoms with Crippen molar-refractivity contribution in [1.82, 2.24) is 0 Å². The zero-order chi connectivity index (χ0) is 26.1. The van der Waals surface area contributed by atoms with E-state index in [4.69, 9.17) is 0 Å². The van der Waals surface area contributed by atoms with Crippen LogP contribution >= 0.6 is 0 Å². The Labute approximate surface area is 207 Å². The molecule has 0 saturated heterocycles. The van der Waals surface area contributed by atoms with Crippen LogP contribution in [-0.4, -0.2) is 77.3 Å². The second-order valence-corrected chi connectivity index (χ2v) is 12.8. The number of fused-ring (bicyclic) bond motifs is 5. The molecule has 4 aliphatic carbocycles. The fourth-order valence-electron chi connectivity index (χ4n) is 8.35. The molecule has 4 rings (SSSR count). The molecule has 0 aliphatic heterocycles. The van der Waals surface area contributed by atoms with Crippen LogP contribution in [0.25, 0.3) is 0 Å². The van der Waals surface area contributed by atoms with Gasteiger partial charge in [-0.25, -0.2) is 0 Å². The molecule has 0 aromatic rings.